The SMILES string of the molecule is O=C1COC(c2cn(-c3ccc(Br)cc3)nc2-c2ccc(F)cc2)N1CCc1ccc2c(c1)N=IN2. The van der Waals surface area contributed by atoms with Gasteiger partial charge in [-0.05, 0) is 72.6 Å². The number of rotatable bonds is 6. The van der Waals surface area contributed by atoms with Crippen molar-refractivity contribution in [2.24, 2.45) is 3.15 Å². The number of fused-ring (bicyclic) bond motifs is 1. The molecule has 2 aliphatic heterocycles. The smallest absolute Gasteiger partial charge is 0.250 e. The molecular formula is C26H20BrFIN5O2. The Balaban J connectivity index is 1.33. The lowest BCUT2D eigenvalue weighted by molar-refractivity contribution is -0.128. The van der Waals surface area contributed by atoms with Crippen LogP contribution in [0.3, 0.4) is 0 Å². The Kier molecular flexibility index (Phi) is 6.40. The van der Waals surface area contributed by atoms with E-state index in [4.69, 9.17) is 9.84 Å². The molecule has 0 saturated carbocycles. The highest BCUT2D eigenvalue weighted by atomic mass is 127. The summed E-state index contributed by atoms with van der Waals surface area (Å²) in [5, 5.41) is 4.82. The molecule has 36 heavy (non-hydrogen) atoms. The van der Waals surface area contributed by atoms with E-state index in [0.29, 0.717) is 18.7 Å². The highest BCUT2D eigenvalue weighted by Crippen LogP contribution is 2.38. The largest absolute Gasteiger partial charge is 0.344 e. The summed E-state index contributed by atoms with van der Waals surface area (Å²) in [5.41, 5.74) is 6.21. The number of carbonyl (C=O) groups is 1. The highest BCUT2D eigenvalue weighted by Gasteiger charge is 2.36. The second kappa shape index (κ2) is 9.83. The summed E-state index contributed by atoms with van der Waals surface area (Å²) in [6.45, 7) is 0.502. The lowest BCUT2D eigenvalue weighted by Crippen LogP contribution is -2.30. The van der Waals surface area contributed by atoms with Crippen molar-refractivity contribution in [2.45, 2.75) is 12.6 Å². The number of nitrogens with zero attached hydrogens (tertiary/aromatic N) is 4. The summed E-state index contributed by atoms with van der Waals surface area (Å²) in [5.74, 6) is -0.389. The van der Waals surface area contributed by atoms with E-state index in [0.717, 1.165) is 38.2 Å². The third kappa shape index (κ3) is 4.60. The zero-order chi connectivity index (χ0) is 24.6. The van der Waals surface area contributed by atoms with Crippen molar-refractivity contribution >= 4 is 54.5 Å². The van der Waals surface area contributed by atoms with Crippen molar-refractivity contribution in [3.63, 3.8) is 0 Å². The number of aromatic nitrogens is 2. The molecule has 1 amide bonds. The number of benzene rings is 3. The van der Waals surface area contributed by atoms with Gasteiger partial charge in [0.1, 0.15) is 39.4 Å². The summed E-state index contributed by atoms with van der Waals surface area (Å²) in [6, 6.07) is 20.2. The normalized spacial score (nSPS) is 16.7. The van der Waals surface area contributed by atoms with Crippen molar-refractivity contribution in [3.05, 3.63) is 94.3 Å². The molecule has 10 heteroatoms. The van der Waals surface area contributed by atoms with E-state index in [1.165, 1.54) is 12.1 Å². The Hall–Kier alpha value is -2.96. The zero-order valence-electron chi connectivity index (χ0n) is 18.9. The molecule has 6 rings (SSSR count). The number of anilines is 1. The molecule has 1 unspecified atom stereocenters. The van der Waals surface area contributed by atoms with Gasteiger partial charge in [-0.1, -0.05) is 22.0 Å². The highest BCUT2D eigenvalue weighted by molar-refractivity contribution is 14.2. The summed E-state index contributed by atoms with van der Waals surface area (Å²) < 4.78 is 30.3. The Morgan fingerprint density at radius 1 is 1.11 bits per heavy atom. The minimum absolute atomic E-state index is 0.00483. The maximum atomic E-state index is 13.7. The van der Waals surface area contributed by atoms with Crippen LogP contribution in [-0.4, -0.2) is 33.7 Å². The minimum atomic E-state index is -0.589. The van der Waals surface area contributed by atoms with Crippen molar-refractivity contribution in [1.29, 1.82) is 0 Å². The summed E-state index contributed by atoms with van der Waals surface area (Å²) in [7, 11) is 0. The number of hydrogen-bond donors (Lipinski definition) is 1. The molecule has 1 N–H and O–H groups in total. The number of hydrogen-bond acceptors (Lipinski definition) is 5. The van der Waals surface area contributed by atoms with Crippen LogP contribution >= 0.6 is 37.2 Å². The van der Waals surface area contributed by atoms with E-state index >= 15 is 0 Å². The Morgan fingerprint density at radius 3 is 2.72 bits per heavy atom. The van der Waals surface area contributed by atoms with Gasteiger partial charge in [0.05, 0.1) is 17.1 Å². The van der Waals surface area contributed by atoms with Gasteiger partial charge in [0, 0.05) is 28.3 Å². The van der Waals surface area contributed by atoms with Crippen molar-refractivity contribution in [3.8, 4) is 16.9 Å². The van der Waals surface area contributed by atoms with Gasteiger partial charge in [0.25, 0.3) is 5.91 Å². The van der Waals surface area contributed by atoms with Gasteiger partial charge in [-0.2, -0.15) is 5.10 Å². The van der Waals surface area contributed by atoms with Gasteiger partial charge in [0.2, 0.25) is 0 Å². The van der Waals surface area contributed by atoms with Crippen LogP contribution < -0.4 is 3.53 Å². The van der Waals surface area contributed by atoms with E-state index < -0.39 is 6.23 Å². The van der Waals surface area contributed by atoms with E-state index in [9.17, 15) is 9.18 Å². The van der Waals surface area contributed by atoms with Crippen LogP contribution in [0, 0.1) is 5.82 Å². The van der Waals surface area contributed by atoms with E-state index in [1.54, 1.807) is 21.7 Å². The Morgan fingerprint density at radius 2 is 1.92 bits per heavy atom. The van der Waals surface area contributed by atoms with Gasteiger partial charge in [-0.3, -0.25) is 4.79 Å². The second-order valence-electron chi connectivity index (χ2n) is 8.48. The van der Waals surface area contributed by atoms with E-state index in [2.05, 4.69) is 40.8 Å². The Bertz CT molecular complexity index is 1470. The Labute approximate surface area is 225 Å². The van der Waals surface area contributed by atoms with Crippen molar-refractivity contribution < 1.29 is 13.9 Å². The van der Waals surface area contributed by atoms with Crippen LogP contribution in [0.15, 0.2) is 80.5 Å². The molecule has 0 radical (unpaired) electrons. The van der Waals surface area contributed by atoms with Crippen molar-refractivity contribution in [2.75, 3.05) is 16.7 Å². The number of halogens is 3. The molecule has 1 atom stereocenters. The topological polar surface area (TPSA) is 71.8 Å². The summed E-state index contributed by atoms with van der Waals surface area (Å²) >= 11 is 3.11. The van der Waals surface area contributed by atoms with Crippen molar-refractivity contribution in [1.82, 2.24) is 14.7 Å². The van der Waals surface area contributed by atoms with Crippen LogP contribution in [-0.2, 0) is 16.0 Å². The molecule has 0 aliphatic carbocycles. The maximum absolute atomic E-state index is 13.7. The first-order valence-electron chi connectivity index (χ1n) is 11.3. The number of ether oxygens (including phenoxy) is 1. The molecule has 182 valence electrons. The molecular weight excluding hydrogens is 640 g/mol. The second-order valence-corrected chi connectivity index (χ2v) is 10.9. The van der Waals surface area contributed by atoms with E-state index in [-0.39, 0.29) is 39.6 Å². The van der Waals surface area contributed by atoms with Crippen LogP contribution in [0.5, 0.6) is 0 Å². The third-order valence-corrected chi connectivity index (χ3v) is 8.28. The summed E-state index contributed by atoms with van der Waals surface area (Å²) in [4.78, 5) is 14.6. The average Bonchev–Trinajstić information content (AvgIpc) is 3.62. The molecule has 1 aromatic heterocycles. The fourth-order valence-corrected chi connectivity index (χ4v) is 6.08. The number of nitrogens with one attached hydrogen (secondary N) is 1. The molecule has 0 spiro atoms. The first kappa shape index (κ1) is 23.4. The quantitative estimate of drug-likeness (QED) is 0.186. The predicted octanol–water partition coefficient (Wildman–Crippen LogP) is 6.67. The van der Waals surface area contributed by atoms with Gasteiger partial charge in [0.15, 0.2) is 6.23 Å². The molecule has 4 aromatic rings. The summed E-state index contributed by atoms with van der Waals surface area (Å²) in [6.07, 6.45) is 1.98. The van der Waals surface area contributed by atoms with Gasteiger partial charge in [-0.15, -0.1) is 0 Å². The van der Waals surface area contributed by atoms with Crippen LogP contribution in [0.1, 0.15) is 17.4 Å². The molecule has 2 aliphatic rings. The van der Waals surface area contributed by atoms with Gasteiger partial charge in [-0.25, -0.2) is 12.2 Å². The predicted molar refractivity (Wildman–Crippen MR) is 147 cm³/mol. The van der Waals surface area contributed by atoms with E-state index in [1.807, 2.05) is 30.5 Å². The fourth-order valence-electron chi connectivity index (χ4n) is 4.32. The first-order chi connectivity index (χ1) is 17.5. The molecule has 3 aromatic carbocycles. The molecule has 1 saturated heterocycles. The average molecular weight is 660 g/mol. The maximum Gasteiger partial charge on any atom is 0.250 e. The number of amides is 1. The minimum Gasteiger partial charge on any atom is -0.344 e. The molecule has 1 fully saturated rings. The van der Waals surface area contributed by atoms with Gasteiger partial charge >= 0.3 is 0 Å². The standard InChI is InChI=1S/C26H20BrFIN5O2/c27-18-4-8-20(9-5-18)34-14-21(25(32-34)17-2-6-19(28)7-3-17)26-33(24(35)15-36-26)12-11-16-1-10-22-23(13-16)31-29-30-22/h1-10,13-14,26H,11-12,15H2,(H,30,31). The third-order valence-electron chi connectivity index (χ3n) is 6.17. The molecule has 0 bridgehead atoms. The molecule has 7 nitrogen and oxygen atoms in total. The molecule has 3 heterocycles. The van der Waals surface area contributed by atoms with Crippen LogP contribution in [0.4, 0.5) is 15.8 Å². The number of carbonyl (C=O) groups excluding carboxylic acids is 1. The van der Waals surface area contributed by atoms with Crippen LogP contribution in [0.2, 0.25) is 0 Å². The lowest BCUT2D eigenvalue weighted by atomic mass is 10.1. The van der Waals surface area contributed by atoms with Crippen LogP contribution in [0.25, 0.3) is 16.9 Å². The monoisotopic (exact) mass is 659 g/mol. The lowest BCUT2D eigenvalue weighted by Gasteiger charge is -2.23. The first-order valence-corrected chi connectivity index (χ1v) is 14.1. The fraction of sp³-hybridized carbons (Fsp3) is 0.154. The zero-order valence-corrected chi connectivity index (χ0v) is 22.6. The van der Waals surface area contributed by atoms with Gasteiger partial charge < -0.3 is 13.2 Å².